The maximum Gasteiger partial charge on any atom is 0.0618 e. The molecule has 0 saturated heterocycles. The van der Waals surface area contributed by atoms with Gasteiger partial charge in [0.1, 0.15) is 0 Å². The van der Waals surface area contributed by atoms with Crippen LogP contribution in [0.1, 0.15) is 51.9 Å². The Labute approximate surface area is 113 Å². The van der Waals surface area contributed by atoms with Crippen molar-refractivity contribution in [1.29, 1.82) is 0 Å². The molecule has 3 heteroatoms. The molecule has 3 nitrogen and oxygen atoms in total. The third-order valence-corrected chi connectivity index (χ3v) is 4.65. The van der Waals surface area contributed by atoms with Gasteiger partial charge in [-0.3, -0.25) is 4.90 Å². The van der Waals surface area contributed by atoms with Crippen LogP contribution in [0.2, 0.25) is 0 Å². The summed E-state index contributed by atoms with van der Waals surface area (Å²) in [5.74, 6) is 0.972. The second-order valence-corrected chi connectivity index (χ2v) is 5.79. The predicted molar refractivity (Wildman–Crippen MR) is 77.8 cm³/mol. The van der Waals surface area contributed by atoms with E-state index in [4.69, 9.17) is 10.5 Å². The third-order valence-electron chi connectivity index (χ3n) is 4.65. The lowest BCUT2D eigenvalue weighted by Gasteiger charge is -2.39. The number of ether oxygens (including phenoxy) is 1. The molecule has 18 heavy (non-hydrogen) atoms. The molecule has 0 aromatic heterocycles. The molecule has 0 aromatic rings. The van der Waals surface area contributed by atoms with E-state index in [0.717, 1.165) is 38.0 Å². The minimum Gasteiger partial charge on any atom is -0.383 e. The van der Waals surface area contributed by atoms with E-state index in [1.165, 1.54) is 32.1 Å². The van der Waals surface area contributed by atoms with Gasteiger partial charge in [0.2, 0.25) is 0 Å². The summed E-state index contributed by atoms with van der Waals surface area (Å²) in [5, 5.41) is 0. The molecule has 1 atom stereocenters. The number of hydrogen-bond acceptors (Lipinski definition) is 3. The van der Waals surface area contributed by atoms with Gasteiger partial charge >= 0.3 is 0 Å². The monoisotopic (exact) mass is 256 g/mol. The second kappa shape index (κ2) is 8.89. The normalized spacial score (nSPS) is 26.5. The first-order chi connectivity index (χ1) is 8.72. The van der Waals surface area contributed by atoms with Gasteiger partial charge in [0.15, 0.2) is 0 Å². The zero-order chi connectivity index (χ0) is 13.4. The summed E-state index contributed by atoms with van der Waals surface area (Å²) in [4.78, 5) is 2.56. The molecular weight excluding hydrogens is 224 g/mol. The summed E-state index contributed by atoms with van der Waals surface area (Å²) in [6, 6.07) is 1.30. The summed E-state index contributed by atoms with van der Waals surface area (Å²) in [5.41, 5.74) is 5.63. The van der Waals surface area contributed by atoms with Gasteiger partial charge < -0.3 is 10.5 Å². The van der Waals surface area contributed by atoms with Gasteiger partial charge in [0, 0.05) is 19.2 Å². The summed E-state index contributed by atoms with van der Waals surface area (Å²) in [6.07, 6.45) is 9.14. The molecule has 108 valence electrons. The first kappa shape index (κ1) is 15.9. The maximum absolute atomic E-state index is 5.63. The molecule has 0 heterocycles. The second-order valence-electron chi connectivity index (χ2n) is 5.79. The minimum atomic E-state index is 0.543. The van der Waals surface area contributed by atoms with Crippen LogP contribution in [0.25, 0.3) is 0 Å². The van der Waals surface area contributed by atoms with Gasteiger partial charge in [-0.25, -0.2) is 0 Å². The Bertz CT molecular complexity index is 203. The zero-order valence-corrected chi connectivity index (χ0v) is 12.5. The molecule has 1 fully saturated rings. The van der Waals surface area contributed by atoms with Crippen LogP contribution in [0.5, 0.6) is 0 Å². The number of likely N-dealkylation sites (N-methyl/N-ethyl adjacent to an activating group) is 1. The maximum atomic E-state index is 5.63. The highest BCUT2D eigenvalue weighted by molar-refractivity contribution is 4.82. The highest BCUT2D eigenvalue weighted by atomic mass is 16.5. The number of nitrogens with zero attached hydrogens (tertiary/aromatic N) is 1. The Morgan fingerprint density at radius 3 is 2.44 bits per heavy atom. The molecule has 1 aliphatic carbocycles. The molecule has 0 spiro atoms. The van der Waals surface area contributed by atoms with E-state index < -0.39 is 0 Å². The minimum absolute atomic E-state index is 0.543. The van der Waals surface area contributed by atoms with Crippen molar-refractivity contribution < 1.29 is 4.74 Å². The van der Waals surface area contributed by atoms with Gasteiger partial charge in [-0.05, 0) is 58.0 Å². The summed E-state index contributed by atoms with van der Waals surface area (Å²) in [6.45, 7) is 3.95. The van der Waals surface area contributed by atoms with Crippen LogP contribution in [0.15, 0.2) is 0 Å². The van der Waals surface area contributed by atoms with Crippen LogP contribution in [-0.4, -0.2) is 44.3 Å². The SMILES string of the molecule is CCC1CCC(N(C)C(CCCN)COC)CC1. The largest absolute Gasteiger partial charge is 0.383 e. The quantitative estimate of drug-likeness (QED) is 0.725. The summed E-state index contributed by atoms with van der Waals surface area (Å²) < 4.78 is 5.37. The Hall–Kier alpha value is -0.120. The zero-order valence-electron chi connectivity index (χ0n) is 12.5. The molecule has 0 aliphatic heterocycles. The molecule has 1 saturated carbocycles. The molecule has 1 rings (SSSR count). The number of hydrogen-bond donors (Lipinski definition) is 1. The van der Waals surface area contributed by atoms with Crippen LogP contribution in [0.3, 0.4) is 0 Å². The standard InChI is InChI=1S/C15H32N2O/c1-4-13-7-9-14(10-8-13)17(2)15(12-18-3)6-5-11-16/h13-15H,4-12,16H2,1-3H3. The number of nitrogens with two attached hydrogens (primary N) is 1. The lowest BCUT2D eigenvalue weighted by molar-refractivity contribution is 0.0550. The molecule has 0 aromatic carbocycles. The molecule has 1 unspecified atom stereocenters. The smallest absolute Gasteiger partial charge is 0.0618 e. The summed E-state index contributed by atoms with van der Waals surface area (Å²) in [7, 11) is 4.08. The van der Waals surface area contributed by atoms with Crippen molar-refractivity contribution in [2.45, 2.75) is 64.0 Å². The van der Waals surface area contributed by atoms with Crippen molar-refractivity contribution in [3.8, 4) is 0 Å². The van der Waals surface area contributed by atoms with E-state index in [0.29, 0.717) is 6.04 Å². The van der Waals surface area contributed by atoms with E-state index in [9.17, 15) is 0 Å². The van der Waals surface area contributed by atoms with Crippen LogP contribution in [0.4, 0.5) is 0 Å². The van der Waals surface area contributed by atoms with E-state index >= 15 is 0 Å². The molecule has 0 bridgehead atoms. The number of rotatable bonds is 8. The van der Waals surface area contributed by atoms with E-state index in [2.05, 4.69) is 18.9 Å². The summed E-state index contributed by atoms with van der Waals surface area (Å²) >= 11 is 0. The Balaban J connectivity index is 2.41. The van der Waals surface area contributed by atoms with Gasteiger partial charge in [-0.1, -0.05) is 13.3 Å². The van der Waals surface area contributed by atoms with Crippen LogP contribution in [-0.2, 0) is 4.74 Å². The topological polar surface area (TPSA) is 38.5 Å². The van der Waals surface area contributed by atoms with Gasteiger partial charge in [-0.15, -0.1) is 0 Å². The van der Waals surface area contributed by atoms with Gasteiger partial charge in [0.05, 0.1) is 6.61 Å². The fourth-order valence-corrected chi connectivity index (χ4v) is 3.21. The lowest BCUT2D eigenvalue weighted by atomic mass is 9.83. The first-order valence-electron chi connectivity index (χ1n) is 7.63. The van der Waals surface area contributed by atoms with Crippen molar-refractivity contribution in [3.63, 3.8) is 0 Å². The van der Waals surface area contributed by atoms with Crippen molar-refractivity contribution in [3.05, 3.63) is 0 Å². The lowest BCUT2D eigenvalue weighted by Crippen LogP contribution is -2.44. The molecule has 2 N–H and O–H groups in total. The highest BCUT2D eigenvalue weighted by Crippen LogP contribution is 2.30. The average Bonchev–Trinajstić information content (AvgIpc) is 2.43. The molecular formula is C15H32N2O. The van der Waals surface area contributed by atoms with Crippen LogP contribution >= 0.6 is 0 Å². The van der Waals surface area contributed by atoms with Crippen molar-refractivity contribution >= 4 is 0 Å². The predicted octanol–water partition coefficient (Wildman–Crippen LogP) is 2.64. The van der Waals surface area contributed by atoms with Gasteiger partial charge in [-0.2, -0.15) is 0 Å². The van der Waals surface area contributed by atoms with Gasteiger partial charge in [0.25, 0.3) is 0 Å². The Morgan fingerprint density at radius 2 is 1.94 bits per heavy atom. The van der Waals surface area contributed by atoms with Crippen LogP contribution < -0.4 is 5.73 Å². The first-order valence-corrected chi connectivity index (χ1v) is 7.63. The Morgan fingerprint density at radius 1 is 1.28 bits per heavy atom. The molecule has 1 aliphatic rings. The Kier molecular flexibility index (Phi) is 7.87. The fourth-order valence-electron chi connectivity index (χ4n) is 3.21. The highest BCUT2D eigenvalue weighted by Gasteiger charge is 2.26. The van der Waals surface area contributed by atoms with E-state index in [1.54, 1.807) is 7.11 Å². The van der Waals surface area contributed by atoms with Crippen LogP contribution in [0, 0.1) is 5.92 Å². The van der Waals surface area contributed by atoms with E-state index in [1.807, 2.05) is 0 Å². The third kappa shape index (κ3) is 4.87. The molecule has 0 amide bonds. The fraction of sp³-hybridized carbons (Fsp3) is 1.00. The van der Waals surface area contributed by atoms with Crippen molar-refractivity contribution in [1.82, 2.24) is 4.90 Å². The van der Waals surface area contributed by atoms with Crippen molar-refractivity contribution in [2.75, 3.05) is 27.3 Å². The number of methoxy groups -OCH3 is 1. The molecule has 0 radical (unpaired) electrons. The average molecular weight is 256 g/mol. The van der Waals surface area contributed by atoms with E-state index in [-0.39, 0.29) is 0 Å². The van der Waals surface area contributed by atoms with Crippen molar-refractivity contribution in [2.24, 2.45) is 11.7 Å².